The molecule has 0 radical (unpaired) electrons. The Labute approximate surface area is 110 Å². The summed E-state index contributed by atoms with van der Waals surface area (Å²) in [7, 11) is 0. The summed E-state index contributed by atoms with van der Waals surface area (Å²) >= 11 is 0. The third-order valence-corrected chi connectivity index (χ3v) is 5.69. The molecule has 3 aliphatic rings. The van der Waals surface area contributed by atoms with Gasteiger partial charge < -0.3 is 10.6 Å². The van der Waals surface area contributed by atoms with E-state index in [1.807, 2.05) is 0 Å². The maximum absolute atomic E-state index is 12.6. The third-order valence-electron chi connectivity index (χ3n) is 5.69. The molecule has 2 saturated carbocycles. The van der Waals surface area contributed by atoms with Crippen LogP contribution in [0.4, 0.5) is 0 Å². The fourth-order valence-corrected chi connectivity index (χ4v) is 4.32. The molecule has 3 nitrogen and oxygen atoms in total. The lowest BCUT2D eigenvalue weighted by molar-refractivity contribution is -0.139. The fourth-order valence-electron chi connectivity index (χ4n) is 4.32. The van der Waals surface area contributed by atoms with Crippen molar-refractivity contribution in [3.63, 3.8) is 0 Å². The molecule has 3 heteroatoms. The molecule has 0 aromatic rings. The van der Waals surface area contributed by atoms with E-state index in [0.717, 1.165) is 25.3 Å². The maximum atomic E-state index is 12.6. The molecule has 0 aromatic carbocycles. The smallest absolute Gasteiger partial charge is 0.223 e. The Bertz CT molecular complexity index is 319. The number of piperidine rings is 1. The summed E-state index contributed by atoms with van der Waals surface area (Å²) in [5, 5.41) is 0. The molecule has 18 heavy (non-hydrogen) atoms. The van der Waals surface area contributed by atoms with Crippen LogP contribution in [0.1, 0.15) is 57.8 Å². The van der Waals surface area contributed by atoms with E-state index >= 15 is 0 Å². The topological polar surface area (TPSA) is 46.3 Å². The van der Waals surface area contributed by atoms with E-state index in [1.54, 1.807) is 0 Å². The fraction of sp³-hybridized carbons (Fsp3) is 0.933. The molecule has 1 heterocycles. The summed E-state index contributed by atoms with van der Waals surface area (Å²) < 4.78 is 0. The number of likely N-dealkylation sites (tertiary alicyclic amines) is 1. The van der Waals surface area contributed by atoms with Crippen molar-refractivity contribution in [2.75, 3.05) is 13.1 Å². The van der Waals surface area contributed by atoms with E-state index in [1.165, 1.54) is 38.5 Å². The van der Waals surface area contributed by atoms with Gasteiger partial charge in [0.15, 0.2) is 0 Å². The predicted molar refractivity (Wildman–Crippen MR) is 72.0 cm³/mol. The Morgan fingerprint density at radius 1 is 1.17 bits per heavy atom. The number of rotatable bonds is 3. The first-order valence-electron chi connectivity index (χ1n) is 7.74. The van der Waals surface area contributed by atoms with Crippen LogP contribution in [0.5, 0.6) is 0 Å². The van der Waals surface area contributed by atoms with Gasteiger partial charge in [0.2, 0.25) is 5.91 Å². The molecule has 102 valence electrons. The van der Waals surface area contributed by atoms with Crippen molar-refractivity contribution in [1.29, 1.82) is 0 Å². The number of nitrogens with zero attached hydrogens (tertiary/aromatic N) is 1. The highest BCUT2D eigenvalue weighted by molar-refractivity contribution is 5.77. The standard InChI is InChI=1S/C15H26N2O/c16-11-15(7-3-8-15)10-14(18)17-9-2-5-12-4-1-6-13(12)17/h12-13H,1-11,16H2. The molecule has 1 amide bonds. The number of hydrogen-bond acceptors (Lipinski definition) is 2. The van der Waals surface area contributed by atoms with Gasteiger partial charge in [-0.1, -0.05) is 12.8 Å². The quantitative estimate of drug-likeness (QED) is 0.835. The van der Waals surface area contributed by atoms with Crippen LogP contribution in [0.25, 0.3) is 0 Å². The lowest BCUT2D eigenvalue weighted by Crippen LogP contribution is -2.49. The summed E-state index contributed by atoms with van der Waals surface area (Å²) in [6.07, 6.45) is 10.8. The summed E-state index contributed by atoms with van der Waals surface area (Å²) in [5.41, 5.74) is 6.05. The van der Waals surface area contributed by atoms with Crippen LogP contribution in [0.15, 0.2) is 0 Å². The molecule has 1 saturated heterocycles. The van der Waals surface area contributed by atoms with Crippen molar-refractivity contribution in [2.24, 2.45) is 17.1 Å². The van der Waals surface area contributed by atoms with Crippen molar-refractivity contribution in [3.05, 3.63) is 0 Å². The van der Waals surface area contributed by atoms with Gasteiger partial charge in [0.05, 0.1) is 0 Å². The highest BCUT2D eigenvalue weighted by atomic mass is 16.2. The summed E-state index contributed by atoms with van der Waals surface area (Å²) in [6, 6.07) is 0.571. The molecular formula is C15H26N2O. The number of hydrogen-bond donors (Lipinski definition) is 1. The number of carbonyl (C=O) groups is 1. The van der Waals surface area contributed by atoms with E-state index in [4.69, 9.17) is 5.73 Å². The zero-order valence-electron chi connectivity index (χ0n) is 11.4. The lowest BCUT2D eigenvalue weighted by atomic mass is 9.66. The molecule has 1 aliphatic heterocycles. The van der Waals surface area contributed by atoms with Gasteiger partial charge in [-0.15, -0.1) is 0 Å². The van der Waals surface area contributed by atoms with Crippen LogP contribution < -0.4 is 5.73 Å². The SMILES string of the molecule is NCC1(CC(=O)N2CCCC3CCCC32)CCC1. The largest absolute Gasteiger partial charge is 0.339 e. The highest BCUT2D eigenvalue weighted by Crippen LogP contribution is 2.44. The van der Waals surface area contributed by atoms with Crippen molar-refractivity contribution < 1.29 is 4.79 Å². The van der Waals surface area contributed by atoms with E-state index in [-0.39, 0.29) is 5.41 Å². The first-order chi connectivity index (χ1) is 8.74. The molecule has 0 bridgehead atoms. The van der Waals surface area contributed by atoms with Gasteiger partial charge in [-0.05, 0) is 56.4 Å². The first-order valence-corrected chi connectivity index (χ1v) is 7.74. The Morgan fingerprint density at radius 2 is 1.94 bits per heavy atom. The summed E-state index contributed by atoms with van der Waals surface area (Å²) in [4.78, 5) is 14.8. The van der Waals surface area contributed by atoms with Crippen LogP contribution >= 0.6 is 0 Å². The van der Waals surface area contributed by atoms with Crippen LogP contribution in [-0.4, -0.2) is 29.9 Å². The molecular weight excluding hydrogens is 224 g/mol. The molecule has 0 aromatic heterocycles. The Balaban J connectivity index is 1.64. The molecule has 2 atom stereocenters. The van der Waals surface area contributed by atoms with Crippen LogP contribution in [0.2, 0.25) is 0 Å². The van der Waals surface area contributed by atoms with Gasteiger partial charge >= 0.3 is 0 Å². The zero-order chi connectivity index (χ0) is 12.6. The van der Waals surface area contributed by atoms with E-state index in [2.05, 4.69) is 4.90 Å². The van der Waals surface area contributed by atoms with E-state index in [0.29, 0.717) is 24.9 Å². The van der Waals surface area contributed by atoms with Crippen molar-refractivity contribution in [1.82, 2.24) is 4.90 Å². The lowest BCUT2D eigenvalue weighted by Gasteiger charge is -2.44. The Hall–Kier alpha value is -0.570. The van der Waals surface area contributed by atoms with Crippen LogP contribution in [-0.2, 0) is 4.79 Å². The molecule has 3 fully saturated rings. The number of amides is 1. The minimum atomic E-state index is 0.169. The number of nitrogens with two attached hydrogens (primary N) is 1. The summed E-state index contributed by atoms with van der Waals surface area (Å²) in [6.45, 7) is 1.70. The molecule has 3 rings (SSSR count). The van der Waals surface area contributed by atoms with Gasteiger partial charge in [-0.25, -0.2) is 0 Å². The molecule has 2 N–H and O–H groups in total. The van der Waals surface area contributed by atoms with E-state index < -0.39 is 0 Å². The van der Waals surface area contributed by atoms with Crippen LogP contribution in [0, 0.1) is 11.3 Å². The minimum Gasteiger partial charge on any atom is -0.339 e. The number of fused-ring (bicyclic) bond motifs is 1. The maximum Gasteiger partial charge on any atom is 0.223 e. The van der Waals surface area contributed by atoms with Crippen LogP contribution in [0.3, 0.4) is 0 Å². The van der Waals surface area contributed by atoms with Gasteiger partial charge in [0, 0.05) is 19.0 Å². The Morgan fingerprint density at radius 3 is 2.61 bits per heavy atom. The molecule has 2 aliphatic carbocycles. The van der Waals surface area contributed by atoms with Gasteiger partial charge in [0.25, 0.3) is 0 Å². The average Bonchev–Trinajstić information content (AvgIpc) is 2.81. The zero-order valence-corrected chi connectivity index (χ0v) is 11.4. The van der Waals surface area contributed by atoms with Gasteiger partial charge in [-0.2, -0.15) is 0 Å². The normalized spacial score (nSPS) is 33.9. The third kappa shape index (κ3) is 2.07. The van der Waals surface area contributed by atoms with E-state index in [9.17, 15) is 4.79 Å². The molecule has 2 unspecified atom stereocenters. The van der Waals surface area contributed by atoms with Gasteiger partial charge in [0.1, 0.15) is 0 Å². The molecule has 0 spiro atoms. The van der Waals surface area contributed by atoms with Crippen molar-refractivity contribution >= 4 is 5.91 Å². The minimum absolute atomic E-state index is 0.169. The monoisotopic (exact) mass is 250 g/mol. The van der Waals surface area contributed by atoms with Crippen molar-refractivity contribution in [3.8, 4) is 0 Å². The first kappa shape index (κ1) is 12.5. The Kier molecular flexibility index (Phi) is 3.35. The second kappa shape index (κ2) is 4.84. The number of carbonyl (C=O) groups excluding carboxylic acids is 1. The van der Waals surface area contributed by atoms with Crippen molar-refractivity contribution in [2.45, 2.75) is 63.8 Å². The second-order valence-corrected chi connectivity index (χ2v) is 6.72. The highest BCUT2D eigenvalue weighted by Gasteiger charge is 2.42. The average molecular weight is 250 g/mol. The van der Waals surface area contributed by atoms with Gasteiger partial charge in [-0.3, -0.25) is 4.79 Å². The summed E-state index contributed by atoms with van der Waals surface area (Å²) in [5.74, 6) is 1.20. The second-order valence-electron chi connectivity index (χ2n) is 6.72. The predicted octanol–water partition coefficient (Wildman–Crippen LogP) is 2.30.